The van der Waals surface area contributed by atoms with Crippen LogP contribution in [0.4, 0.5) is 5.69 Å². The Morgan fingerprint density at radius 1 is 1.12 bits per heavy atom. The third-order valence-corrected chi connectivity index (χ3v) is 5.32. The van der Waals surface area contributed by atoms with Gasteiger partial charge in [-0.2, -0.15) is 0 Å². The zero-order valence-corrected chi connectivity index (χ0v) is 15.0. The van der Waals surface area contributed by atoms with Crippen LogP contribution in [-0.4, -0.2) is 36.3 Å². The van der Waals surface area contributed by atoms with Gasteiger partial charge < -0.3 is 9.80 Å². The number of carbonyl (C=O) groups excluding carboxylic acids is 2. The van der Waals surface area contributed by atoms with Crippen LogP contribution in [0.2, 0.25) is 0 Å². The molecule has 0 saturated carbocycles. The fourth-order valence-corrected chi connectivity index (χ4v) is 4.28. The molecule has 3 rings (SSSR count). The number of nitrogens with zero attached hydrogens (tertiary/aromatic N) is 2. The van der Waals surface area contributed by atoms with Crippen molar-refractivity contribution in [3.8, 4) is 0 Å². The number of para-hydroxylation sites is 1. The largest absolute Gasteiger partial charge is 0.342 e. The SMILES string of the molecule is CCc1ccccc1N1C[C@@H](C(=O)N2C[C@H](C)C[C@H](C)C2)CC1=O. The van der Waals surface area contributed by atoms with Crippen LogP contribution in [0.3, 0.4) is 0 Å². The summed E-state index contributed by atoms with van der Waals surface area (Å²) >= 11 is 0. The first-order valence-electron chi connectivity index (χ1n) is 9.16. The summed E-state index contributed by atoms with van der Waals surface area (Å²) in [4.78, 5) is 29.2. The normalized spacial score (nSPS) is 27.6. The summed E-state index contributed by atoms with van der Waals surface area (Å²) in [7, 11) is 0. The molecular formula is C20H28N2O2. The van der Waals surface area contributed by atoms with Crippen LogP contribution < -0.4 is 4.90 Å². The van der Waals surface area contributed by atoms with Gasteiger partial charge in [-0.05, 0) is 36.3 Å². The summed E-state index contributed by atoms with van der Waals surface area (Å²) in [6.07, 6.45) is 2.42. The molecular weight excluding hydrogens is 300 g/mol. The molecule has 0 aliphatic carbocycles. The molecule has 1 aromatic rings. The number of anilines is 1. The van der Waals surface area contributed by atoms with E-state index in [1.807, 2.05) is 28.0 Å². The molecule has 24 heavy (non-hydrogen) atoms. The van der Waals surface area contributed by atoms with Gasteiger partial charge in [-0.3, -0.25) is 9.59 Å². The van der Waals surface area contributed by atoms with Crippen LogP contribution in [0.5, 0.6) is 0 Å². The molecule has 3 atom stereocenters. The van der Waals surface area contributed by atoms with Crippen molar-refractivity contribution in [1.29, 1.82) is 0 Å². The Bertz CT molecular complexity index is 618. The van der Waals surface area contributed by atoms with Crippen LogP contribution in [0.15, 0.2) is 24.3 Å². The summed E-state index contributed by atoms with van der Waals surface area (Å²) in [6.45, 7) is 8.70. The number of amides is 2. The summed E-state index contributed by atoms with van der Waals surface area (Å²) in [5.74, 6) is 1.14. The van der Waals surface area contributed by atoms with Crippen LogP contribution in [0.25, 0.3) is 0 Å². The first-order valence-corrected chi connectivity index (χ1v) is 9.16. The van der Waals surface area contributed by atoms with E-state index in [1.54, 1.807) is 0 Å². The summed E-state index contributed by atoms with van der Waals surface area (Å²) in [5, 5.41) is 0. The molecule has 130 valence electrons. The Hall–Kier alpha value is -1.84. The van der Waals surface area contributed by atoms with Gasteiger partial charge in [-0.25, -0.2) is 0 Å². The number of piperidine rings is 1. The van der Waals surface area contributed by atoms with E-state index in [9.17, 15) is 9.59 Å². The van der Waals surface area contributed by atoms with E-state index in [0.29, 0.717) is 24.8 Å². The molecule has 1 aromatic carbocycles. The average molecular weight is 328 g/mol. The van der Waals surface area contributed by atoms with Gasteiger partial charge >= 0.3 is 0 Å². The second-order valence-corrected chi connectivity index (χ2v) is 7.58. The van der Waals surface area contributed by atoms with Crippen LogP contribution >= 0.6 is 0 Å². The first kappa shape index (κ1) is 17.0. The molecule has 2 aliphatic rings. The highest BCUT2D eigenvalue weighted by Crippen LogP contribution is 2.31. The maximum Gasteiger partial charge on any atom is 0.228 e. The number of likely N-dealkylation sites (tertiary alicyclic amines) is 1. The predicted molar refractivity (Wildman–Crippen MR) is 95.8 cm³/mol. The van der Waals surface area contributed by atoms with E-state index < -0.39 is 0 Å². The van der Waals surface area contributed by atoms with Crippen molar-refractivity contribution < 1.29 is 9.59 Å². The van der Waals surface area contributed by atoms with Crippen molar-refractivity contribution in [2.45, 2.75) is 40.0 Å². The Morgan fingerprint density at radius 3 is 2.46 bits per heavy atom. The van der Waals surface area contributed by atoms with Crippen LogP contribution in [0, 0.1) is 17.8 Å². The molecule has 0 N–H and O–H groups in total. The number of rotatable bonds is 3. The molecule has 2 heterocycles. The second-order valence-electron chi connectivity index (χ2n) is 7.58. The number of aryl methyl sites for hydroxylation is 1. The molecule has 4 nitrogen and oxygen atoms in total. The molecule has 4 heteroatoms. The van der Waals surface area contributed by atoms with Crippen LogP contribution in [0.1, 0.15) is 39.2 Å². The van der Waals surface area contributed by atoms with E-state index >= 15 is 0 Å². The standard InChI is InChI=1S/C20H28N2O2/c1-4-16-7-5-6-8-18(16)22-13-17(10-19(22)23)20(24)21-11-14(2)9-15(3)12-21/h5-8,14-15,17H,4,9-13H2,1-3H3/t14-,15+,17-/m0/s1. The van der Waals surface area contributed by atoms with Crippen molar-refractivity contribution in [2.75, 3.05) is 24.5 Å². The molecule has 0 spiro atoms. The van der Waals surface area contributed by atoms with Gasteiger partial charge in [0.2, 0.25) is 11.8 Å². The van der Waals surface area contributed by atoms with Crippen molar-refractivity contribution in [1.82, 2.24) is 4.90 Å². The lowest BCUT2D eigenvalue weighted by Crippen LogP contribution is -2.45. The third kappa shape index (κ3) is 3.33. The minimum Gasteiger partial charge on any atom is -0.342 e. The first-order chi connectivity index (χ1) is 11.5. The highest BCUT2D eigenvalue weighted by Gasteiger charge is 2.39. The van der Waals surface area contributed by atoms with E-state index in [-0.39, 0.29) is 17.7 Å². The number of hydrogen-bond donors (Lipinski definition) is 0. The molecule has 2 amide bonds. The van der Waals surface area contributed by atoms with Gasteiger partial charge in [0.25, 0.3) is 0 Å². The van der Waals surface area contributed by atoms with E-state index in [2.05, 4.69) is 26.8 Å². The van der Waals surface area contributed by atoms with Crippen molar-refractivity contribution >= 4 is 17.5 Å². The lowest BCUT2D eigenvalue weighted by atomic mass is 9.91. The van der Waals surface area contributed by atoms with E-state index in [4.69, 9.17) is 0 Å². The van der Waals surface area contributed by atoms with Crippen molar-refractivity contribution in [3.05, 3.63) is 29.8 Å². The molecule has 2 saturated heterocycles. The van der Waals surface area contributed by atoms with Gasteiger partial charge in [0, 0.05) is 31.7 Å². The molecule has 0 unspecified atom stereocenters. The number of hydrogen-bond acceptors (Lipinski definition) is 2. The van der Waals surface area contributed by atoms with Gasteiger partial charge in [0.05, 0.1) is 5.92 Å². The lowest BCUT2D eigenvalue weighted by molar-refractivity contribution is -0.138. The quantitative estimate of drug-likeness (QED) is 0.855. The number of benzene rings is 1. The molecule has 0 aromatic heterocycles. The van der Waals surface area contributed by atoms with Gasteiger partial charge in [-0.15, -0.1) is 0 Å². The van der Waals surface area contributed by atoms with Gasteiger partial charge in [0.1, 0.15) is 0 Å². The lowest BCUT2D eigenvalue weighted by Gasteiger charge is -2.36. The zero-order valence-electron chi connectivity index (χ0n) is 15.0. The van der Waals surface area contributed by atoms with E-state index in [0.717, 1.165) is 25.2 Å². The Balaban J connectivity index is 1.73. The van der Waals surface area contributed by atoms with Crippen molar-refractivity contribution in [3.63, 3.8) is 0 Å². The monoisotopic (exact) mass is 328 g/mol. The second kappa shape index (κ2) is 6.96. The summed E-state index contributed by atoms with van der Waals surface area (Å²) in [5.41, 5.74) is 2.14. The van der Waals surface area contributed by atoms with Gasteiger partial charge in [-0.1, -0.05) is 39.0 Å². The van der Waals surface area contributed by atoms with Crippen LogP contribution in [-0.2, 0) is 16.0 Å². The maximum atomic E-state index is 12.9. The van der Waals surface area contributed by atoms with Gasteiger partial charge in [0.15, 0.2) is 0 Å². The fraction of sp³-hybridized carbons (Fsp3) is 0.600. The average Bonchev–Trinajstić information content (AvgIpc) is 2.94. The molecule has 2 aliphatic heterocycles. The highest BCUT2D eigenvalue weighted by molar-refractivity contribution is 6.00. The maximum absolute atomic E-state index is 12.9. The Morgan fingerprint density at radius 2 is 1.79 bits per heavy atom. The number of carbonyl (C=O) groups is 2. The summed E-state index contributed by atoms with van der Waals surface area (Å²) < 4.78 is 0. The zero-order chi connectivity index (χ0) is 17.3. The fourth-order valence-electron chi connectivity index (χ4n) is 4.28. The minimum atomic E-state index is -0.195. The molecule has 2 fully saturated rings. The highest BCUT2D eigenvalue weighted by atomic mass is 16.2. The Kier molecular flexibility index (Phi) is 4.93. The molecule has 0 radical (unpaired) electrons. The molecule has 0 bridgehead atoms. The summed E-state index contributed by atoms with van der Waals surface area (Å²) in [6, 6.07) is 8.02. The minimum absolute atomic E-state index is 0.0763. The smallest absolute Gasteiger partial charge is 0.228 e. The topological polar surface area (TPSA) is 40.6 Å². The Labute approximate surface area is 144 Å². The van der Waals surface area contributed by atoms with Crippen molar-refractivity contribution in [2.24, 2.45) is 17.8 Å². The predicted octanol–water partition coefficient (Wildman–Crippen LogP) is 3.11. The van der Waals surface area contributed by atoms with E-state index in [1.165, 1.54) is 12.0 Å². The third-order valence-electron chi connectivity index (χ3n) is 5.32.